The summed E-state index contributed by atoms with van der Waals surface area (Å²) in [7, 11) is 0. The molecule has 0 amide bonds. The van der Waals surface area contributed by atoms with E-state index >= 15 is 0 Å². The number of carbonyl (C=O) groups is 1. The number of hydrogen-bond donors (Lipinski definition) is 2. The molecule has 9 heteroatoms. The average Bonchev–Trinajstić information content (AvgIpc) is 3.32. The first-order chi connectivity index (χ1) is 17.1. The Hall–Kier alpha value is -5.23. The highest BCUT2D eigenvalue weighted by Gasteiger charge is 2.20. The topological polar surface area (TPSA) is 134 Å². The zero-order chi connectivity index (χ0) is 24.4. The maximum absolute atomic E-state index is 13.0. The van der Waals surface area contributed by atoms with Crippen LogP contribution in [0, 0.1) is 11.3 Å². The monoisotopic (exact) mass is 463 g/mol. The summed E-state index contributed by atoms with van der Waals surface area (Å²) in [5.74, 6) is -1.18. The van der Waals surface area contributed by atoms with E-state index in [1.165, 1.54) is 0 Å². The van der Waals surface area contributed by atoms with E-state index in [2.05, 4.69) is 15.1 Å². The zero-order valence-corrected chi connectivity index (χ0v) is 18.2. The predicted octanol–water partition coefficient (Wildman–Crippen LogP) is 3.91. The summed E-state index contributed by atoms with van der Waals surface area (Å²) < 4.78 is 6.42. The van der Waals surface area contributed by atoms with Crippen LogP contribution in [0.25, 0.3) is 33.1 Å². The highest BCUT2D eigenvalue weighted by molar-refractivity contribution is 6.02. The van der Waals surface area contributed by atoms with Gasteiger partial charge >= 0.3 is 5.97 Å². The van der Waals surface area contributed by atoms with Crippen molar-refractivity contribution in [3.05, 3.63) is 106 Å². The van der Waals surface area contributed by atoms with Gasteiger partial charge in [0.2, 0.25) is 0 Å². The summed E-state index contributed by atoms with van der Waals surface area (Å²) in [4.78, 5) is 33.2. The normalized spacial score (nSPS) is 11.7. The van der Waals surface area contributed by atoms with Crippen LogP contribution in [-0.4, -0.2) is 37.4 Å². The highest BCUT2D eigenvalue weighted by Crippen LogP contribution is 2.20. The van der Waals surface area contributed by atoms with Gasteiger partial charge in [-0.05, 0) is 30.3 Å². The summed E-state index contributed by atoms with van der Waals surface area (Å²) >= 11 is 0. The van der Waals surface area contributed by atoms with Gasteiger partial charge in [-0.25, -0.2) is 9.78 Å². The number of benzene rings is 3. The molecule has 0 bridgehead atoms. The van der Waals surface area contributed by atoms with Gasteiger partial charge in [0.1, 0.15) is 18.2 Å². The Bertz CT molecular complexity index is 1680. The molecule has 5 rings (SSSR count). The van der Waals surface area contributed by atoms with Crippen LogP contribution in [0.5, 0.6) is 0 Å². The SMILES string of the molecule is N#CC(=C(O)COC(=O)c1nn(-c2ccccc2)c(=O)c2ccccc12)c1nc2ccccc2[nH]1. The number of hydrogen-bond acceptors (Lipinski definition) is 7. The van der Waals surface area contributed by atoms with E-state index in [1.807, 2.05) is 12.1 Å². The number of allylic oxidation sites excluding steroid dienone is 1. The number of H-pyrrole nitrogens is 1. The van der Waals surface area contributed by atoms with Crippen molar-refractivity contribution >= 4 is 33.3 Å². The molecule has 0 aliphatic carbocycles. The first-order valence-electron chi connectivity index (χ1n) is 10.6. The van der Waals surface area contributed by atoms with Crippen molar-refractivity contribution in [2.75, 3.05) is 6.61 Å². The minimum Gasteiger partial charge on any atom is -0.507 e. The Kier molecular flexibility index (Phi) is 5.53. The predicted molar refractivity (Wildman–Crippen MR) is 129 cm³/mol. The van der Waals surface area contributed by atoms with Gasteiger partial charge < -0.3 is 14.8 Å². The molecule has 2 heterocycles. The first-order valence-corrected chi connectivity index (χ1v) is 10.6. The van der Waals surface area contributed by atoms with Crippen LogP contribution < -0.4 is 5.56 Å². The first kappa shape index (κ1) is 21.6. The fourth-order valence-corrected chi connectivity index (χ4v) is 3.68. The van der Waals surface area contributed by atoms with Crippen molar-refractivity contribution in [3.63, 3.8) is 0 Å². The van der Waals surface area contributed by atoms with Gasteiger partial charge in [0.05, 0.1) is 22.1 Å². The van der Waals surface area contributed by atoms with Gasteiger partial charge in [0.15, 0.2) is 17.3 Å². The summed E-state index contributed by atoms with van der Waals surface area (Å²) in [5, 5.41) is 24.9. The number of esters is 1. The van der Waals surface area contributed by atoms with Crippen LogP contribution in [0.3, 0.4) is 0 Å². The van der Waals surface area contributed by atoms with Crippen LogP contribution in [0.1, 0.15) is 16.3 Å². The molecule has 0 fully saturated rings. The molecule has 0 saturated carbocycles. The van der Waals surface area contributed by atoms with Crippen molar-refractivity contribution in [1.82, 2.24) is 19.7 Å². The molecule has 0 spiro atoms. The fraction of sp³-hybridized carbons (Fsp3) is 0.0385. The number of nitriles is 1. The second-order valence-electron chi connectivity index (χ2n) is 7.56. The van der Waals surface area contributed by atoms with Crippen LogP contribution in [0.15, 0.2) is 89.4 Å². The minimum atomic E-state index is -0.862. The van der Waals surface area contributed by atoms with Crippen molar-refractivity contribution < 1.29 is 14.6 Å². The molecule has 0 aliphatic heterocycles. The number of ether oxygens (including phenoxy) is 1. The summed E-state index contributed by atoms with van der Waals surface area (Å²) in [6, 6.07) is 24.3. The number of rotatable bonds is 5. The van der Waals surface area contributed by atoms with Gasteiger partial charge in [-0.3, -0.25) is 4.79 Å². The molecule has 0 saturated heterocycles. The van der Waals surface area contributed by atoms with E-state index in [0.29, 0.717) is 22.1 Å². The molecule has 0 radical (unpaired) electrons. The number of para-hydroxylation sites is 3. The summed E-state index contributed by atoms with van der Waals surface area (Å²) in [6.07, 6.45) is 0. The summed E-state index contributed by atoms with van der Waals surface area (Å²) in [6.45, 7) is -0.584. The quantitative estimate of drug-likeness (QED) is 0.229. The number of carbonyl (C=O) groups excluding carboxylic acids is 1. The Morgan fingerprint density at radius 3 is 2.43 bits per heavy atom. The summed E-state index contributed by atoms with van der Waals surface area (Å²) in [5.41, 5.74) is 1.16. The number of aromatic nitrogens is 4. The number of aliphatic hydroxyl groups is 1. The van der Waals surface area contributed by atoms with Gasteiger partial charge in [-0.2, -0.15) is 15.0 Å². The number of aromatic amines is 1. The molecule has 0 atom stereocenters. The molecule has 5 aromatic rings. The smallest absolute Gasteiger partial charge is 0.359 e. The maximum Gasteiger partial charge on any atom is 0.359 e. The molecular formula is C26H17N5O4. The lowest BCUT2D eigenvalue weighted by atomic mass is 10.1. The highest BCUT2D eigenvalue weighted by atomic mass is 16.5. The van der Waals surface area contributed by atoms with E-state index in [4.69, 9.17) is 4.74 Å². The Morgan fingerprint density at radius 2 is 1.69 bits per heavy atom. The lowest BCUT2D eigenvalue weighted by molar-refractivity contribution is 0.0496. The number of nitrogens with one attached hydrogen (secondary N) is 1. The molecule has 170 valence electrons. The molecule has 2 N–H and O–H groups in total. The largest absolute Gasteiger partial charge is 0.507 e. The maximum atomic E-state index is 13.0. The third-order valence-corrected chi connectivity index (χ3v) is 5.37. The number of aliphatic hydroxyl groups excluding tert-OH is 1. The second kappa shape index (κ2) is 8.96. The zero-order valence-electron chi connectivity index (χ0n) is 18.2. The molecular weight excluding hydrogens is 446 g/mol. The van der Waals surface area contributed by atoms with Gasteiger partial charge in [-0.1, -0.05) is 48.5 Å². The second-order valence-corrected chi connectivity index (χ2v) is 7.56. The van der Waals surface area contributed by atoms with E-state index < -0.39 is 18.3 Å². The Labute approximate surface area is 198 Å². The van der Waals surface area contributed by atoms with E-state index in [0.717, 1.165) is 4.68 Å². The van der Waals surface area contributed by atoms with Crippen molar-refractivity contribution in [1.29, 1.82) is 5.26 Å². The molecule has 9 nitrogen and oxygen atoms in total. The number of imidazole rings is 1. The Morgan fingerprint density at radius 1 is 1.00 bits per heavy atom. The van der Waals surface area contributed by atoms with E-state index in [9.17, 15) is 20.0 Å². The van der Waals surface area contributed by atoms with Crippen molar-refractivity contribution in [2.24, 2.45) is 0 Å². The molecule has 3 aromatic carbocycles. The standard InChI is InChI=1S/C26H17N5O4/c27-14-19(24-28-20-12-6-7-13-21(20)29-24)22(32)15-35-26(34)23-17-10-4-5-11-18(17)25(33)31(30-23)16-8-2-1-3-9-16/h1-13,32H,15H2,(H,28,29). The third kappa shape index (κ3) is 4.00. The van der Waals surface area contributed by atoms with Crippen molar-refractivity contribution in [3.8, 4) is 11.8 Å². The van der Waals surface area contributed by atoms with Gasteiger partial charge in [-0.15, -0.1) is 0 Å². The Balaban J connectivity index is 1.49. The van der Waals surface area contributed by atoms with Crippen LogP contribution >= 0.6 is 0 Å². The lowest BCUT2D eigenvalue weighted by Gasteiger charge is -2.11. The van der Waals surface area contributed by atoms with E-state index in [1.54, 1.807) is 72.8 Å². The molecule has 0 aliphatic rings. The van der Waals surface area contributed by atoms with Crippen LogP contribution in [0.2, 0.25) is 0 Å². The number of fused-ring (bicyclic) bond motifs is 2. The van der Waals surface area contributed by atoms with Crippen LogP contribution in [0.4, 0.5) is 0 Å². The lowest BCUT2D eigenvalue weighted by Crippen LogP contribution is -2.25. The molecule has 0 unspecified atom stereocenters. The fourth-order valence-electron chi connectivity index (χ4n) is 3.68. The number of nitrogens with zero attached hydrogens (tertiary/aromatic N) is 4. The van der Waals surface area contributed by atoms with E-state index in [-0.39, 0.29) is 28.0 Å². The minimum absolute atomic E-state index is 0.0981. The molecule has 2 aromatic heterocycles. The van der Waals surface area contributed by atoms with Gasteiger partial charge in [0.25, 0.3) is 5.56 Å². The average molecular weight is 463 g/mol. The van der Waals surface area contributed by atoms with Gasteiger partial charge in [0, 0.05) is 5.39 Å². The van der Waals surface area contributed by atoms with Crippen LogP contribution in [-0.2, 0) is 4.74 Å². The third-order valence-electron chi connectivity index (χ3n) is 5.37. The molecule has 35 heavy (non-hydrogen) atoms. The van der Waals surface area contributed by atoms with Crippen molar-refractivity contribution in [2.45, 2.75) is 0 Å².